The van der Waals surface area contributed by atoms with E-state index in [0.29, 0.717) is 17.3 Å². The molecule has 2 saturated heterocycles. The van der Waals surface area contributed by atoms with E-state index in [1.165, 1.54) is 17.7 Å². The Morgan fingerprint density at radius 2 is 1.90 bits per heavy atom. The van der Waals surface area contributed by atoms with Gasteiger partial charge in [0.25, 0.3) is 5.91 Å². The summed E-state index contributed by atoms with van der Waals surface area (Å²) in [6.45, 7) is 5.16. The number of rotatable bonds is 7. The molecule has 6 heterocycles. The van der Waals surface area contributed by atoms with Gasteiger partial charge in [-0.25, -0.2) is 24.7 Å². The van der Waals surface area contributed by atoms with Crippen LogP contribution < -0.4 is 10.2 Å². The number of fused-ring (bicyclic) bond motifs is 2. The van der Waals surface area contributed by atoms with Gasteiger partial charge in [0.15, 0.2) is 18.0 Å². The van der Waals surface area contributed by atoms with E-state index in [0.717, 1.165) is 41.3 Å². The second kappa shape index (κ2) is 9.85. The lowest BCUT2D eigenvalue weighted by atomic mass is 10.1. The van der Waals surface area contributed by atoms with E-state index in [9.17, 15) is 14.4 Å². The fourth-order valence-corrected chi connectivity index (χ4v) is 5.81. The van der Waals surface area contributed by atoms with Gasteiger partial charge in [-0.3, -0.25) is 14.5 Å². The molecule has 3 aliphatic heterocycles. The third kappa shape index (κ3) is 4.50. The van der Waals surface area contributed by atoms with Crippen molar-refractivity contribution in [2.45, 2.75) is 45.1 Å². The maximum atomic E-state index is 13.5. The van der Waals surface area contributed by atoms with Gasteiger partial charge in [0.05, 0.1) is 12.0 Å². The van der Waals surface area contributed by atoms with Gasteiger partial charge < -0.3 is 24.5 Å². The molecule has 0 spiro atoms. The van der Waals surface area contributed by atoms with Crippen molar-refractivity contribution in [3.8, 4) is 11.3 Å². The van der Waals surface area contributed by atoms with Crippen LogP contribution in [0.2, 0.25) is 0 Å². The first-order valence-corrected chi connectivity index (χ1v) is 13.8. The topological polar surface area (TPSA) is 166 Å². The van der Waals surface area contributed by atoms with E-state index in [4.69, 9.17) is 4.52 Å². The van der Waals surface area contributed by atoms with Crippen molar-refractivity contribution in [2.24, 2.45) is 16.8 Å². The molecule has 4 amide bonds. The highest BCUT2D eigenvalue weighted by Crippen LogP contribution is 2.45. The molecule has 4 unspecified atom stereocenters. The molecule has 0 radical (unpaired) electrons. The molecule has 15 heteroatoms. The van der Waals surface area contributed by atoms with Crippen molar-refractivity contribution >= 4 is 36.0 Å². The molecule has 3 fully saturated rings. The largest absolute Gasteiger partial charge is 0.340 e. The Balaban J connectivity index is 1.03. The van der Waals surface area contributed by atoms with Crippen molar-refractivity contribution in [3.05, 3.63) is 42.3 Å². The Morgan fingerprint density at radius 1 is 1.14 bits per heavy atom. The van der Waals surface area contributed by atoms with Crippen LogP contribution in [0.3, 0.4) is 0 Å². The number of aryl methyl sites for hydroxylation is 1. The van der Waals surface area contributed by atoms with E-state index < -0.39 is 36.1 Å². The van der Waals surface area contributed by atoms with Crippen LogP contribution >= 0.6 is 0 Å². The number of likely N-dealkylation sites (N-methyl/N-ethyl adjacent to an activating group) is 1. The molecular weight excluding hydrogens is 542 g/mol. The number of carbonyl (C=O) groups is 3. The minimum atomic E-state index is -0.895. The lowest BCUT2D eigenvalue weighted by molar-refractivity contribution is -0.139. The summed E-state index contributed by atoms with van der Waals surface area (Å²) >= 11 is 0. The number of aliphatic imine (C=N–C) groups is 1. The maximum absolute atomic E-state index is 13.5. The zero-order chi connectivity index (χ0) is 29.1. The lowest BCUT2D eigenvalue weighted by Gasteiger charge is -2.41. The standard InChI is InChI=1S/C27H29N11O4/c1-14(38-13-30-23-22(38)25(40)37(27(41)35(23)3)12-21-31-15(2)34-42-21)24(39)33-20-6-4-5-19(32-20)18-8-28-26(29-9-18)36-10-16-7-17(16)11-36/h4-6,8-9,13-14,16-17,22-23H,7,10-12H2,1-3H3,(H,32,33,39)/t14-,16?,17?,22?,23?/m0/s1. The van der Waals surface area contributed by atoms with Crippen LogP contribution in [0.25, 0.3) is 11.3 Å². The number of nitrogens with one attached hydrogen (secondary N) is 1. The monoisotopic (exact) mass is 571 g/mol. The van der Waals surface area contributed by atoms with Gasteiger partial charge in [-0.2, -0.15) is 4.98 Å². The molecule has 0 bridgehead atoms. The first-order chi connectivity index (χ1) is 20.3. The van der Waals surface area contributed by atoms with Crippen LogP contribution in [0.15, 0.2) is 40.1 Å². The van der Waals surface area contributed by atoms with E-state index in [-0.39, 0.29) is 12.4 Å². The Labute approximate surface area is 240 Å². The third-order valence-electron chi connectivity index (χ3n) is 8.29. The van der Waals surface area contributed by atoms with E-state index >= 15 is 0 Å². The predicted octanol–water partition coefficient (Wildman–Crippen LogP) is 1.15. The van der Waals surface area contributed by atoms with Crippen molar-refractivity contribution in [1.82, 2.24) is 39.8 Å². The fourth-order valence-electron chi connectivity index (χ4n) is 5.81. The van der Waals surface area contributed by atoms with E-state index in [1.54, 1.807) is 50.3 Å². The summed E-state index contributed by atoms with van der Waals surface area (Å²) in [5, 5.41) is 6.56. The second-order valence-corrected chi connectivity index (χ2v) is 11.1. The molecule has 1 aliphatic carbocycles. The van der Waals surface area contributed by atoms with Gasteiger partial charge in [-0.15, -0.1) is 0 Å². The average molecular weight is 572 g/mol. The van der Waals surface area contributed by atoms with Gasteiger partial charge in [0, 0.05) is 38.1 Å². The smallest absolute Gasteiger partial charge is 0.328 e. The summed E-state index contributed by atoms with van der Waals surface area (Å²) in [5.41, 5.74) is 1.35. The molecule has 216 valence electrons. The van der Waals surface area contributed by atoms with Crippen molar-refractivity contribution in [2.75, 3.05) is 30.4 Å². The SMILES string of the molecule is Cc1noc(CN2C(=O)C3C(N=CN3[C@@H](C)C(=O)Nc3cccc(-c4cnc(N5CC6CC6C5)nc4)n3)N(C)C2=O)n1. The van der Waals surface area contributed by atoms with Crippen molar-refractivity contribution in [3.63, 3.8) is 0 Å². The molecule has 15 nitrogen and oxygen atoms in total. The number of nitrogens with zero attached hydrogens (tertiary/aromatic N) is 10. The van der Waals surface area contributed by atoms with E-state index in [2.05, 4.69) is 40.3 Å². The summed E-state index contributed by atoms with van der Waals surface area (Å²) in [5.74, 6) is 2.27. The number of carbonyl (C=O) groups excluding carboxylic acids is 3. The lowest BCUT2D eigenvalue weighted by Crippen LogP contribution is -2.66. The third-order valence-corrected chi connectivity index (χ3v) is 8.29. The summed E-state index contributed by atoms with van der Waals surface area (Å²) in [6.07, 6.45) is 5.48. The summed E-state index contributed by atoms with van der Waals surface area (Å²) in [4.78, 5) is 68.1. The Hall–Kier alpha value is -4.95. The zero-order valence-corrected chi connectivity index (χ0v) is 23.3. The zero-order valence-electron chi connectivity index (χ0n) is 23.3. The highest BCUT2D eigenvalue weighted by Gasteiger charge is 2.52. The minimum Gasteiger partial charge on any atom is -0.340 e. The molecule has 1 saturated carbocycles. The average Bonchev–Trinajstić information content (AvgIpc) is 3.33. The number of amides is 4. The quantitative estimate of drug-likeness (QED) is 0.432. The predicted molar refractivity (Wildman–Crippen MR) is 148 cm³/mol. The number of anilines is 2. The fraction of sp³-hybridized carbons (Fsp3) is 0.444. The summed E-state index contributed by atoms with van der Waals surface area (Å²) in [7, 11) is 1.56. The molecule has 0 aromatic carbocycles. The van der Waals surface area contributed by atoms with Gasteiger partial charge in [-0.05, 0) is 44.2 Å². The Morgan fingerprint density at radius 3 is 2.62 bits per heavy atom. The number of piperidine rings is 1. The van der Waals surface area contributed by atoms with Gasteiger partial charge in [0.2, 0.25) is 17.7 Å². The van der Waals surface area contributed by atoms with Crippen molar-refractivity contribution in [1.29, 1.82) is 0 Å². The van der Waals surface area contributed by atoms with Crippen molar-refractivity contribution < 1.29 is 18.9 Å². The highest BCUT2D eigenvalue weighted by atomic mass is 16.5. The molecule has 7 rings (SSSR count). The number of aromatic nitrogens is 5. The molecule has 3 aromatic heterocycles. The molecule has 3 aromatic rings. The molecule has 4 aliphatic rings. The Kier molecular flexibility index (Phi) is 6.09. The number of pyridine rings is 1. The van der Waals surface area contributed by atoms with Crippen LogP contribution in [0.4, 0.5) is 16.6 Å². The van der Waals surface area contributed by atoms with Crippen LogP contribution in [0.1, 0.15) is 25.1 Å². The highest BCUT2D eigenvalue weighted by molar-refractivity contribution is 6.03. The molecule has 42 heavy (non-hydrogen) atoms. The van der Waals surface area contributed by atoms with Gasteiger partial charge in [0.1, 0.15) is 18.4 Å². The Bertz CT molecular complexity index is 1580. The summed E-state index contributed by atoms with van der Waals surface area (Å²) < 4.78 is 5.11. The normalized spacial score (nSPS) is 25.1. The van der Waals surface area contributed by atoms with Gasteiger partial charge >= 0.3 is 6.03 Å². The number of urea groups is 1. The first kappa shape index (κ1) is 26.0. The van der Waals surface area contributed by atoms with Crippen LogP contribution in [-0.4, -0.2) is 102 Å². The number of hydrogen-bond acceptors (Lipinski definition) is 12. The van der Waals surface area contributed by atoms with Crippen LogP contribution in [0, 0.1) is 18.8 Å². The van der Waals surface area contributed by atoms with Crippen LogP contribution in [0.5, 0.6) is 0 Å². The maximum Gasteiger partial charge on any atom is 0.328 e. The minimum absolute atomic E-state index is 0.135. The number of hydrogen-bond donors (Lipinski definition) is 1. The summed E-state index contributed by atoms with van der Waals surface area (Å²) in [6, 6.07) is 3.07. The molecule has 1 N–H and O–H groups in total. The molecule has 5 atom stereocenters. The van der Waals surface area contributed by atoms with E-state index in [1.807, 2.05) is 6.07 Å². The number of imide groups is 1. The molecular formula is C27H29N11O4. The first-order valence-electron chi connectivity index (χ1n) is 13.8. The van der Waals surface area contributed by atoms with Crippen LogP contribution in [-0.2, 0) is 16.1 Å². The van der Waals surface area contributed by atoms with Gasteiger partial charge in [-0.1, -0.05) is 11.2 Å². The second-order valence-electron chi connectivity index (χ2n) is 11.1.